The summed E-state index contributed by atoms with van der Waals surface area (Å²) in [7, 11) is 0. The Kier molecular flexibility index (Phi) is 13.7. The largest absolute Gasteiger partial charge is 0.508 e. The van der Waals surface area contributed by atoms with E-state index in [0.29, 0.717) is 74.9 Å². The van der Waals surface area contributed by atoms with E-state index in [-0.39, 0.29) is 101 Å². The lowest BCUT2D eigenvalue weighted by atomic mass is 9.61. The highest BCUT2D eigenvalue weighted by Gasteiger charge is 2.59. The highest BCUT2D eigenvalue weighted by atomic mass is 16.6. The van der Waals surface area contributed by atoms with Crippen LogP contribution >= 0.6 is 0 Å². The summed E-state index contributed by atoms with van der Waals surface area (Å²) >= 11 is 0. The monoisotopic (exact) mass is 1120 g/mol. The van der Waals surface area contributed by atoms with Gasteiger partial charge < -0.3 is 66.0 Å². The van der Waals surface area contributed by atoms with Gasteiger partial charge in [0.2, 0.25) is 0 Å². The van der Waals surface area contributed by atoms with Gasteiger partial charge >= 0.3 is 5.97 Å². The average Bonchev–Trinajstić information content (AvgIpc) is 3.76. The van der Waals surface area contributed by atoms with Crippen LogP contribution in [0.25, 0.3) is 11.0 Å². The van der Waals surface area contributed by atoms with Crippen LogP contribution in [0.3, 0.4) is 0 Å². The Morgan fingerprint density at radius 2 is 1.82 bits per heavy atom. The molecule has 1 aromatic heterocycles. The fourth-order valence-electron chi connectivity index (χ4n) is 16.7. The number of esters is 1. The fourth-order valence-corrected chi connectivity index (χ4v) is 16.7. The van der Waals surface area contributed by atoms with Gasteiger partial charge in [0.25, 0.3) is 0 Å². The van der Waals surface area contributed by atoms with Gasteiger partial charge in [0.1, 0.15) is 64.3 Å². The van der Waals surface area contributed by atoms with E-state index in [1.165, 1.54) is 5.57 Å². The molecular weight excluding hydrogens is 1040 g/mol. The predicted octanol–water partition coefficient (Wildman–Crippen LogP) is 7.14. The molecule has 0 amide bonds. The molecular formula is C66H76N4O12. The lowest BCUT2D eigenvalue weighted by Crippen LogP contribution is -2.59. The van der Waals surface area contributed by atoms with Crippen LogP contribution in [-0.4, -0.2) is 91.0 Å². The first-order valence-corrected chi connectivity index (χ1v) is 29.6. The number of hydrogen-bond acceptors (Lipinski definition) is 16. The molecule has 3 saturated carbocycles. The Bertz CT molecular complexity index is 3560. The molecule has 13 rings (SSSR count). The molecule has 3 aromatic carbocycles. The third-order valence-electron chi connectivity index (χ3n) is 20.8. The van der Waals surface area contributed by atoms with Crippen LogP contribution in [0.5, 0.6) is 17.2 Å². The number of carbonyl (C=O) groups is 1. The minimum atomic E-state index is -1.60. The van der Waals surface area contributed by atoms with Gasteiger partial charge in [-0.25, -0.2) is 4.79 Å². The molecule has 432 valence electrons. The molecule has 0 saturated heterocycles. The number of nitrogens with two attached hydrogens (primary N) is 1. The molecule has 6 heterocycles. The number of carbonyl (C=O) groups excluding carboxylic acids is 1. The van der Waals surface area contributed by atoms with Crippen molar-refractivity contribution in [3.8, 4) is 17.2 Å². The number of phenols is 2. The van der Waals surface area contributed by atoms with Crippen molar-refractivity contribution < 1.29 is 54.4 Å². The molecule has 13 atom stereocenters. The summed E-state index contributed by atoms with van der Waals surface area (Å²) in [5.41, 5.74) is 11.7. The zero-order valence-corrected chi connectivity index (χ0v) is 46.8. The number of aromatic hydroxyl groups is 2. The van der Waals surface area contributed by atoms with Crippen LogP contribution in [0.15, 0.2) is 128 Å². The summed E-state index contributed by atoms with van der Waals surface area (Å²) in [6, 6.07) is 14.4. The highest BCUT2D eigenvalue weighted by molar-refractivity contribution is 5.93. The van der Waals surface area contributed by atoms with E-state index in [1.54, 1.807) is 25.1 Å². The first kappa shape index (κ1) is 54.6. The third-order valence-corrected chi connectivity index (χ3v) is 20.8. The summed E-state index contributed by atoms with van der Waals surface area (Å²) in [4.78, 5) is 30.2. The quantitative estimate of drug-likeness (QED) is 0.0619. The summed E-state index contributed by atoms with van der Waals surface area (Å²) in [5.74, 6) is -3.35. The van der Waals surface area contributed by atoms with E-state index in [1.807, 2.05) is 37.3 Å². The van der Waals surface area contributed by atoms with Gasteiger partial charge in [0.05, 0.1) is 23.4 Å². The molecule has 9 aliphatic rings. The molecule has 0 radical (unpaired) electrons. The van der Waals surface area contributed by atoms with Crippen LogP contribution < -0.4 is 31.8 Å². The van der Waals surface area contributed by atoms with Gasteiger partial charge in [-0.15, -0.1) is 0 Å². The summed E-state index contributed by atoms with van der Waals surface area (Å²) < 4.78 is 21.5. The van der Waals surface area contributed by atoms with Gasteiger partial charge in [-0.2, -0.15) is 0 Å². The molecule has 16 heteroatoms. The Balaban J connectivity index is 0.995. The number of dihydropyridines is 2. The topological polar surface area (TPSA) is 269 Å². The summed E-state index contributed by atoms with van der Waals surface area (Å²) in [6.45, 7) is 5.13. The van der Waals surface area contributed by atoms with E-state index in [0.717, 1.165) is 51.5 Å². The second kappa shape index (κ2) is 20.6. The SMILES string of the molecule is CC=C(C(=O)OC1Cc2c3c(c4oc(CO)cc(=O)c4c2O)C2C4=CCNC(N)=C4C(CCc4ccc(O)cc4C2CO)C2CCC4=C5C=CC(C)NC5NC=C4CC2C1(C)O3)C1(O)CCC(c2cccc(C3(O)CCC(CO)C3)c2)C1. The molecule has 82 heavy (non-hydrogen) atoms. The van der Waals surface area contributed by atoms with Gasteiger partial charge in [0, 0.05) is 66.8 Å². The van der Waals surface area contributed by atoms with Gasteiger partial charge in [-0.05, 0) is 177 Å². The molecule has 16 nitrogen and oxygen atoms in total. The molecule has 3 fully saturated rings. The fraction of sp³-hybridized carbons (Fsp3) is 0.485. The first-order chi connectivity index (χ1) is 39.5. The highest BCUT2D eigenvalue weighted by Crippen LogP contribution is 2.62. The minimum absolute atomic E-state index is 0.0107. The van der Waals surface area contributed by atoms with Crippen molar-refractivity contribution >= 4 is 16.9 Å². The number of aryl methyl sites for hydroxylation is 1. The molecule has 12 N–H and O–H groups in total. The predicted molar refractivity (Wildman–Crippen MR) is 307 cm³/mol. The maximum atomic E-state index is 15.6. The number of phenolic OH excluding ortho intramolecular Hbond substituents is 2. The third kappa shape index (κ3) is 8.76. The number of fused-ring (bicyclic) bond motifs is 10. The average molecular weight is 1120 g/mol. The lowest BCUT2D eigenvalue weighted by Gasteiger charge is -2.52. The van der Waals surface area contributed by atoms with Crippen molar-refractivity contribution in [3.05, 3.63) is 168 Å². The normalized spacial score (nSPS) is 33.8. The van der Waals surface area contributed by atoms with Gasteiger partial charge in [-0.3, -0.25) is 10.1 Å². The van der Waals surface area contributed by atoms with E-state index in [4.69, 9.17) is 19.6 Å². The first-order valence-electron chi connectivity index (χ1n) is 29.6. The Morgan fingerprint density at radius 1 is 0.976 bits per heavy atom. The Morgan fingerprint density at radius 3 is 2.60 bits per heavy atom. The minimum Gasteiger partial charge on any atom is -0.508 e. The molecule has 4 aliphatic carbocycles. The van der Waals surface area contributed by atoms with Crippen LogP contribution in [-0.2, 0) is 34.6 Å². The number of rotatable bonds is 8. The number of aliphatic hydroxyl groups is 5. The van der Waals surface area contributed by atoms with Crippen LogP contribution in [0.2, 0.25) is 0 Å². The number of nitrogens with one attached hydrogen (secondary N) is 3. The molecule has 4 bridgehead atoms. The van der Waals surface area contributed by atoms with Crippen molar-refractivity contribution in [2.45, 2.75) is 157 Å². The van der Waals surface area contributed by atoms with Gasteiger partial charge in [-0.1, -0.05) is 54.6 Å². The van der Waals surface area contributed by atoms with Crippen LogP contribution in [0, 0.1) is 23.7 Å². The van der Waals surface area contributed by atoms with Crippen LogP contribution in [0.1, 0.15) is 142 Å². The lowest BCUT2D eigenvalue weighted by molar-refractivity contribution is -0.171. The number of aliphatic hydroxyl groups excluding tert-OH is 3. The zero-order valence-electron chi connectivity index (χ0n) is 46.8. The van der Waals surface area contributed by atoms with Crippen LogP contribution in [0.4, 0.5) is 0 Å². The number of hydrogen-bond donors (Lipinski definition) is 11. The second-order valence-corrected chi connectivity index (χ2v) is 25.2. The second-order valence-electron chi connectivity index (χ2n) is 25.2. The van der Waals surface area contributed by atoms with E-state index in [9.17, 15) is 40.5 Å². The zero-order chi connectivity index (χ0) is 57.1. The molecule has 13 unspecified atom stereocenters. The molecule has 4 aromatic rings. The summed E-state index contributed by atoms with van der Waals surface area (Å²) in [6.07, 6.45) is 14.6. The van der Waals surface area contributed by atoms with E-state index < -0.39 is 71.0 Å². The maximum absolute atomic E-state index is 15.6. The van der Waals surface area contributed by atoms with Crippen molar-refractivity contribution in [2.24, 2.45) is 29.4 Å². The number of benzene rings is 3. The van der Waals surface area contributed by atoms with Gasteiger partial charge in [0.15, 0.2) is 5.43 Å². The maximum Gasteiger partial charge on any atom is 0.337 e. The Labute approximate surface area is 476 Å². The number of allylic oxidation sites excluding steroid dienone is 5. The smallest absolute Gasteiger partial charge is 0.337 e. The van der Waals surface area contributed by atoms with E-state index >= 15 is 4.79 Å². The van der Waals surface area contributed by atoms with Crippen molar-refractivity contribution in [1.82, 2.24) is 16.0 Å². The standard InChI is InChI=1S/C66H76N4O12/c1-4-50(66(79)20-17-37(28-66)36-6-5-7-39(22-36)65(78)19-16-34(27-65)30-71)63(77)81-53-26-48-58(76)56-52(75)25-41(31-72)80-60(56)57-54-46-18-21-68-61(67)55(46)44(13-10-35-9-11-40(74)24-47(35)49(54)32-73)43-15-14-42-38(23-51(43)64(53,3)82-59(48)57)29-69-62-45(42)12-8-33(2)70-62/h4-9,11-12,18,22,24-25,29,33-34,37,43-44,49,51,53-54,62,68-74,76,78-79H,10,13-17,19-21,23,26-28,30-32,67H2,1-3H3. The Hall–Kier alpha value is -6.66. The summed E-state index contributed by atoms with van der Waals surface area (Å²) in [5, 5.41) is 92.0. The van der Waals surface area contributed by atoms with Crippen molar-refractivity contribution in [3.63, 3.8) is 0 Å². The van der Waals surface area contributed by atoms with Crippen molar-refractivity contribution in [2.75, 3.05) is 19.8 Å². The molecule has 0 spiro atoms. The molecule has 5 aliphatic heterocycles. The number of ether oxygens (including phenoxy) is 2. The van der Waals surface area contributed by atoms with Crippen molar-refractivity contribution in [1.29, 1.82) is 0 Å². The van der Waals surface area contributed by atoms with E-state index in [2.05, 4.69) is 47.3 Å².